The summed E-state index contributed by atoms with van der Waals surface area (Å²) in [5, 5.41) is 9.84. The van der Waals surface area contributed by atoms with Gasteiger partial charge in [0.05, 0.1) is 13.0 Å². The smallest absolute Gasteiger partial charge is 0.390 e. The average Bonchev–Trinajstić information content (AvgIpc) is 2.81. The number of carbonyl (C=O) groups is 1. The summed E-state index contributed by atoms with van der Waals surface area (Å²) >= 11 is 0. The van der Waals surface area contributed by atoms with Crippen LogP contribution in [0.1, 0.15) is 37.7 Å². The zero-order valence-corrected chi connectivity index (χ0v) is 14.7. The lowest BCUT2D eigenvalue weighted by Crippen LogP contribution is -2.49. The Hall–Kier alpha value is -1.60. The number of alkyl halides is 3. The van der Waals surface area contributed by atoms with Gasteiger partial charge in [-0.15, -0.1) is 0 Å². The number of rotatable bonds is 5. The Balaban J connectivity index is 1.83. The van der Waals surface area contributed by atoms with Crippen LogP contribution < -0.4 is 0 Å². The number of carbonyl (C=O) groups excluding carboxylic acids is 1. The number of aliphatic hydroxyl groups is 1. The predicted octanol–water partition coefficient (Wildman–Crippen LogP) is 3.04. The quantitative estimate of drug-likeness (QED) is 0.809. The number of halogens is 3. The zero-order valence-electron chi connectivity index (χ0n) is 14.7. The molecule has 0 spiro atoms. The number of benzene rings is 1. The van der Waals surface area contributed by atoms with Gasteiger partial charge in [0.2, 0.25) is 0 Å². The second-order valence-corrected chi connectivity index (χ2v) is 7.45. The summed E-state index contributed by atoms with van der Waals surface area (Å²) in [4.78, 5) is 15.1. The van der Waals surface area contributed by atoms with Gasteiger partial charge in [0.15, 0.2) is 0 Å². The van der Waals surface area contributed by atoms with Crippen LogP contribution in [0.2, 0.25) is 0 Å². The first-order valence-corrected chi connectivity index (χ1v) is 8.91. The molecular formula is C19H24F3NO3. The van der Waals surface area contributed by atoms with Crippen molar-refractivity contribution in [3.05, 3.63) is 35.9 Å². The van der Waals surface area contributed by atoms with Crippen LogP contribution in [-0.4, -0.2) is 54.0 Å². The normalized spacial score (nSPS) is 28.6. The molecule has 2 aliphatic rings. The van der Waals surface area contributed by atoms with E-state index in [1.54, 1.807) is 18.2 Å². The van der Waals surface area contributed by atoms with Crippen LogP contribution in [0.5, 0.6) is 0 Å². The minimum Gasteiger partial charge on any atom is -0.462 e. The molecule has 2 bridgehead atoms. The molecule has 0 aliphatic carbocycles. The van der Waals surface area contributed by atoms with Crippen LogP contribution in [-0.2, 0) is 14.9 Å². The molecule has 2 saturated heterocycles. The van der Waals surface area contributed by atoms with E-state index in [2.05, 4.69) is 4.90 Å². The minimum atomic E-state index is -4.61. The molecule has 2 heterocycles. The molecule has 2 fully saturated rings. The number of ether oxygens (including phenoxy) is 1. The van der Waals surface area contributed by atoms with E-state index in [1.807, 2.05) is 7.05 Å². The van der Waals surface area contributed by atoms with Crippen molar-refractivity contribution in [2.24, 2.45) is 0 Å². The molecule has 4 nitrogen and oxygen atoms in total. The van der Waals surface area contributed by atoms with Crippen LogP contribution >= 0.6 is 0 Å². The van der Waals surface area contributed by atoms with Crippen molar-refractivity contribution in [2.45, 2.75) is 61.9 Å². The SMILES string of the molecule is CN1[C@@H]2CC[C@H]1C[C@H](OC(=O)C(CO)(CC(F)(F)F)c1ccccc1)C2. The molecule has 0 saturated carbocycles. The molecule has 0 radical (unpaired) electrons. The third-order valence-electron chi connectivity index (χ3n) is 5.82. The molecule has 0 amide bonds. The van der Waals surface area contributed by atoms with Crippen molar-refractivity contribution in [2.75, 3.05) is 13.7 Å². The topological polar surface area (TPSA) is 49.8 Å². The molecule has 1 N–H and O–H groups in total. The summed E-state index contributed by atoms with van der Waals surface area (Å²) in [5.74, 6) is -0.988. The zero-order chi connectivity index (χ0) is 18.9. The van der Waals surface area contributed by atoms with Gasteiger partial charge in [0, 0.05) is 12.1 Å². The van der Waals surface area contributed by atoms with Gasteiger partial charge in [-0.25, -0.2) is 0 Å². The van der Waals surface area contributed by atoms with E-state index in [1.165, 1.54) is 12.1 Å². The van der Waals surface area contributed by atoms with Gasteiger partial charge in [-0.05, 0) is 38.3 Å². The van der Waals surface area contributed by atoms with E-state index in [0.717, 1.165) is 12.8 Å². The predicted molar refractivity (Wildman–Crippen MR) is 89.6 cm³/mol. The van der Waals surface area contributed by atoms with Crippen LogP contribution in [0.25, 0.3) is 0 Å². The Morgan fingerprint density at radius 2 is 1.77 bits per heavy atom. The summed E-state index contributed by atoms with van der Waals surface area (Å²) in [6.07, 6.45) is -3.17. The Kier molecular flexibility index (Phi) is 5.30. The number of esters is 1. The van der Waals surface area contributed by atoms with E-state index >= 15 is 0 Å². The summed E-state index contributed by atoms with van der Waals surface area (Å²) < 4.78 is 45.2. The Bertz CT molecular complexity index is 623. The largest absolute Gasteiger partial charge is 0.462 e. The van der Waals surface area contributed by atoms with Crippen molar-refractivity contribution in [1.82, 2.24) is 4.90 Å². The van der Waals surface area contributed by atoms with Crippen LogP contribution in [0, 0.1) is 0 Å². The highest BCUT2D eigenvalue weighted by Gasteiger charge is 2.51. The van der Waals surface area contributed by atoms with Crippen molar-refractivity contribution in [3.63, 3.8) is 0 Å². The van der Waals surface area contributed by atoms with Crippen molar-refractivity contribution in [1.29, 1.82) is 0 Å². The Morgan fingerprint density at radius 1 is 1.19 bits per heavy atom. The maximum atomic E-state index is 13.2. The maximum absolute atomic E-state index is 13.2. The first-order chi connectivity index (χ1) is 12.2. The fraction of sp³-hybridized carbons (Fsp3) is 0.632. The van der Waals surface area contributed by atoms with Gasteiger partial charge in [-0.1, -0.05) is 30.3 Å². The average molecular weight is 371 g/mol. The number of hydrogen-bond acceptors (Lipinski definition) is 4. The number of nitrogens with zero attached hydrogens (tertiary/aromatic N) is 1. The first-order valence-electron chi connectivity index (χ1n) is 8.91. The Labute approximate surface area is 150 Å². The fourth-order valence-electron chi connectivity index (χ4n) is 4.33. The van der Waals surface area contributed by atoms with Gasteiger partial charge in [-0.3, -0.25) is 4.79 Å². The van der Waals surface area contributed by atoms with E-state index in [-0.39, 0.29) is 5.56 Å². The van der Waals surface area contributed by atoms with Gasteiger partial charge in [0.1, 0.15) is 11.5 Å². The highest BCUT2D eigenvalue weighted by molar-refractivity contribution is 5.83. The first kappa shape index (κ1) is 19.2. The number of piperidine rings is 1. The van der Waals surface area contributed by atoms with E-state index in [9.17, 15) is 23.1 Å². The summed E-state index contributed by atoms with van der Waals surface area (Å²) in [5.41, 5.74) is -2.00. The van der Waals surface area contributed by atoms with Gasteiger partial charge < -0.3 is 14.7 Å². The molecule has 0 aromatic heterocycles. The molecular weight excluding hydrogens is 347 g/mol. The second-order valence-electron chi connectivity index (χ2n) is 7.45. The van der Waals surface area contributed by atoms with Crippen LogP contribution in [0.4, 0.5) is 13.2 Å². The standard InChI is InChI=1S/C19H24F3NO3/c1-23-14-7-8-15(23)10-16(9-14)26-17(25)18(12-24,11-19(20,21)22)13-5-3-2-4-6-13/h2-6,14-16,24H,7-12H2,1H3/t14-,15+,16-,18?. The monoisotopic (exact) mass is 371 g/mol. The third kappa shape index (κ3) is 3.74. The molecule has 144 valence electrons. The molecule has 4 atom stereocenters. The van der Waals surface area contributed by atoms with Crippen LogP contribution in [0.3, 0.4) is 0 Å². The number of aliphatic hydroxyl groups excluding tert-OH is 1. The van der Waals surface area contributed by atoms with E-state index < -0.39 is 36.7 Å². The maximum Gasteiger partial charge on any atom is 0.390 e. The van der Waals surface area contributed by atoms with E-state index in [0.29, 0.717) is 24.9 Å². The number of hydrogen-bond donors (Lipinski definition) is 1. The van der Waals surface area contributed by atoms with Gasteiger partial charge in [0.25, 0.3) is 0 Å². The second kappa shape index (κ2) is 7.19. The van der Waals surface area contributed by atoms with Gasteiger partial charge in [-0.2, -0.15) is 13.2 Å². The highest BCUT2D eigenvalue weighted by atomic mass is 19.4. The molecule has 1 aromatic carbocycles. The van der Waals surface area contributed by atoms with Crippen LogP contribution in [0.15, 0.2) is 30.3 Å². The summed E-state index contributed by atoms with van der Waals surface area (Å²) in [7, 11) is 2.03. The molecule has 3 rings (SSSR count). The molecule has 7 heteroatoms. The minimum absolute atomic E-state index is 0.126. The van der Waals surface area contributed by atoms with Crippen molar-refractivity contribution >= 4 is 5.97 Å². The summed E-state index contributed by atoms with van der Waals surface area (Å²) in [6.45, 7) is -0.950. The lowest BCUT2D eigenvalue weighted by Gasteiger charge is -2.38. The lowest BCUT2D eigenvalue weighted by molar-refractivity contribution is -0.181. The summed E-state index contributed by atoms with van der Waals surface area (Å²) in [6, 6.07) is 8.23. The molecule has 26 heavy (non-hydrogen) atoms. The Morgan fingerprint density at radius 3 is 2.27 bits per heavy atom. The van der Waals surface area contributed by atoms with Crippen molar-refractivity contribution < 1.29 is 27.8 Å². The van der Waals surface area contributed by atoms with E-state index in [4.69, 9.17) is 4.74 Å². The lowest BCUT2D eigenvalue weighted by atomic mass is 9.78. The third-order valence-corrected chi connectivity index (χ3v) is 5.82. The fourth-order valence-corrected chi connectivity index (χ4v) is 4.33. The van der Waals surface area contributed by atoms with Crippen molar-refractivity contribution in [3.8, 4) is 0 Å². The molecule has 1 aromatic rings. The highest BCUT2D eigenvalue weighted by Crippen LogP contribution is 2.40. The molecule has 1 unspecified atom stereocenters. The molecule has 2 aliphatic heterocycles. The van der Waals surface area contributed by atoms with Gasteiger partial charge >= 0.3 is 12.1 Å². The number of fused-ring (bicyclic) bond motifs is 2.